The van der Waals surface area contributed by atoms with Crippen LogP contribution < -0.4 is 5.32 Å². The van der Waals surface area contributed by atoms with Gasteiger partial charge in [-0.25, -0.2) is 4.79 Å². The number of ether oxygens (including phenoxy) is 3. The van der Waals surface area contributed by atoms with Crippen LogP contribution in [0.2, 0.25) is 0 Å². The van der Waals surface area contributed by atoms with Crippen LogP contribution in [0.4, 0.5) is 4.79 Å². The molecule has 3 aliphatic rings. The first-order valence-corrected chi connectivity index (χ1v) is 12.4. The van der Waals surface area contributed by atoms with Crippen LogP contribution in [0.3, 0.4) is 0 Å². The molecule has 9 nitrogen and oxygen atoms in total. The van der Waals surface area contributed by atoms with Gasteiger partial charge in [0.05, 0.1) is 19.1 Å². The molecule has 188 valence electrons. The largest absolute Gasteiger partial charge is 0.455 e. The van der Waals surface area contributed by atoms with Gasteiger partial charge >= 0.3 is 12.1 Å². The predicted molar refractivity (Wildman–Crippen MR) is 123 cm³/mol. The second-order valence-corrected chi connectivity index (χ2v) is 10.5. The summed E-state index contributed by atoms with van der Waals surface area (Å²) in [5.41, 5.74) is -0.613. The molecule has 1 saturated carbocycles. The molecule has 2 amide bonds. The summed E-state index contributed by atoms with van der Waals surface area (Å²) in [6.45, 7) is 9.78. The minimum absolute atomic E-state index is 0.0288. The van der Waals surface area contributed by atoms with Crippen molar-refractivity contribution in [2.45, 2.75) is 76.9 Å². The molecule has 3 fully saturated rings. The molecule has 0 aromatic rings. The van der Waals surface area contributed by atoms with E-state index >= 15 is 0 Å². The number of hydrogen-bond donors (Lipinski definition) is 1. The fourth-order valence-electron chi connectivity index (χ4n) is 5.08. The van der Waals surface area contributed by atoms with E-state index in [-0.39, 0.29) is 24.6 Å². The quantitative estimate of drug-likeness (QED) is 0.599. The molecular weight excluding hydrogens is 426 g/mol. The van der Waals surface area contributed by atoms with Crippen molar-refractivity contribution >= 4 is 18.0 Å². The van der Waals surface area contributed by atoms with Crippen LogP contribution in [0.5, 0.6) is 0 Å². The van der Waals surface area contributed by atoms with Crippen molar-refractivity contribution in [3.8, 4) is 0 Å². The molecule has 0 spiro atoms. The van der Waals surface area contributed by atoms with Gasteiger partial charge in [-0.1, -0.05) is 19.3 Å². The molecule has 1 N–H and O–H groups in total. The van der Waals surface area contributed by atoms with Crippen LogP contribution >= 0.6 is 0 Å². The third-order valence-electron chi connectivity index (χ3n) is 6.83. The molecule has 1 atom stereocenters. The van der Waals surface area contributed by atoms with E-state index in [4.69, 9.17) is 14.2 Å². The monoisotopic (exact) mass is 467 g/mol. The highest BCUT2D eigenvalue weighted by Crippen LogP contribution is 2.33. The molecule has 1 aliphatic carbocycles. The third kappa shape index (κ3) is 7.57. The van der Waals surface area contributed by atoms with E-state index in [1.165, 1.54) is 6.42 Å². The highest BCUT2D eigenvalue weighted by atomic mass is 16.6. The number of amides is 2. The van der Waals surface area contributed by atoms with E-state index in [9.17, 15) is 14.4 Å². The first kappa shape index (κ1) is 25.7. The van der Waals surface area contributed by atoms with Gasteiger partial charge in [0.15, 0.2) is 6.61 Å². The van der Waals surface area contributed by atoms with Gasteiger partial charge in [0.1, 0.15) is 5.60 Å². The summed E-state index contributed by atoms with van der Waals surface area (Å²) in [7, 11) is 0. The molecule has 2 heterocycles. The Morgan fingerprint density at radius 1 is 1.03 bits per heavy atom. The maximum atomic E-state index is 12.6. The Kier molecular flexibility index (Phi) is 8.98. The number of likely N-dealkylation sites (tertiary alicyclic amines) is 1. The summed E-state index contributed by atoms with van der Waals surface area (Å²) in [6.07, 6.45) is 6.62. The van der Waals surface area contributed by atoms with Gasteiger partial charge in [0, 0.05) is 38.3 Å². The molecule has 9 heteroatoms. The molecule has 0 aromatic carbocycles. The first-order valence-electron chi connectivity index (χ1n) is 12.4. The summed E-state index contributed by atoms with van der Waals surface area (Å²) in [5, 5.41) is 3.02. The van der Waals surface area contributed by atoms with Gasteiger partial charge in [0.25, 0.3) is 5.91 Å². The number of carbonyl (C=O) groups excluding carboxylic acids is 3. The lowest BCUT2D eigenvalue weighted by Crippen LogP contribution is -2.60. The molecule has 0 aromatic heterocycles. The average Bonchev–Trinajstić information content (AvgIpc) is 2.81. The fourth-order valence-corrected chi connectivity index (χ4v) is 5.08. The number of piperidine rings is 1. The Labute approximate surface area is 197 Å². The minimum atomic E-state index is -0.584. The summed E-state index contributed by atoms with van der Waals surface area (Å²) in [5.74, 6) is -1.14. The molecule has 2 saturated heterocycles. The second-order valence-electron chi connectivity index (χ2n) is 10.5. The van der Waals surface area contributed by atoms with Crippen LogP contribution in [-0.4, -0.2) is 91.5 Å². The number of rotatable bonds is 6. The van der Waals surface area contributed by atoms with Crippen LogP contribution in [-0.2, 0) is 23.8 Å². The van der Waals surface area contributed by atoms with Crippen molar-refractivity contribution < 1.29 is 28.6 Å². The van der Waals surface area contributed by atoms with Crippen molar-refractivity contribution in [2.24, 2.45) is 5.92 Å². The molecule has 0 bridgehead atoms. The van der Waals surface area contributed by atoms with Crippen LogP contribution in [0.1, 0.15) is 65.7 Å². The normalized spacial score (nSPS) is 24.1. The van der Waals surface area contributed by atoms with E-state index in [0.717, 1.165) is 52.0 Å². The van der Waals surface area contributed by atoms with Crippen molar-refractivity contribution in [3.05, 3.63) is 0 Å². The maximum Gasteiger partial charge on any atom is 0.410 e. The summed E-state index contributed by atoms with van der Waals surface area (Å²) >= 11 is 0. The molecular formula is C24H41N3O6. The zero-order valence-corrected chi connectivity index (χ0v) is 20.5. The van der Waals surface area contributed by atoms with Gasteiger partial charge in [-0.05, 0) is 46.5 Å². The second kappa shape index (κ2) is 11.5. The first-order chi connectivity index (χ1) is 15.7. The van der Waals surface area contributed by atoms with Crippen LogP contribution in [0.15, 0.2) is 0 Å². The molecule has 0 radical (unpaired) electrons. The Bertz CT molecular complexity index is 680. The zero-order chi connectivity index (χ0) is 23.9. The highest BCUT2D eigenvalue weighted by molar-refractivity contribution is 5.81. The Morgan fingerprint density at radius 2 is 1.73 bits per heavy atom. The van der Waals surface area contributed by atoms with Crippen molar-refractivity contribution in [1.82, 2.24) is 15.1 Å². The highest BCUT2D eigenvalue weighted by Gasteiger charge is 2.39. The lowest BCUT2D eigenvalue weighted by molar-refractivity contribution is -0.154. The lowest BCUT2D eigenvalue weighted by Gasteiger charge is -2.48. The summed E-state index contributed by atoms with van der Waals surface area (Å²) in [6, 6.07) is 0. The van der Waals surface area contributed by atoms with Gasteiger partial charge in [-0.3, -0.25) is 14.5 Å². The van der Waals surface area contributed by atoms with Gasteiger partial charge in [-0.15, -0.1) is 0 Å². The zero-order valence-electron chi connectivity index (χ0n) is 20.5. The van der Waals surface area contributed by atoms with E-state index in [1.54, 1.807) is 4.90 Å². The van der Waals surface area contributed by atoms with Gasteiger partial charge in [0.2, 0.25) is 0 Å². The van der Waals surface area contributed by atoms with Crippen molar-refractivity contribution in [3.63, 3.8) is 0 Å². The van der Waals surface area contributed by atoms with E-state index in [1.807, 2.05) is 20.8 Å². The standard InChI is InChI=1S/C24H41N3O6/c1-23(2,3)33-22(30)26-11-7-8-19(16-26)21(29)32-17-20(28)25-18-24(9-5-4-6-10-24)27-12-14-31-15-13-27/h19H,4-18H2,1-3H3,(H,25,28). The number of nitrogens with zero attached hydrogens (tertiary/aromatic N) is 2. The Morgan fingerprint density at radius 3 is 2.39 bits per heavy atom. The summed E-state index contributed by atoms with van der Waals surface area (Å²) in [4.78, 5) is 41.4. The van der Waals surface area contributed by atoms with Gasteiger partial charge < -0.3 is 24.4 Å². The SMILES string of the molecule is CC(C)(C)OC(=O)N1CCCC(C(=O)OCC(=O)NCC2(N3CCOCC3)CCCCC2)C1. The average molecular weight is 468 g/mol. The maximum absolute atomic E-state index is 12.6. The van der Waals surface area contributed by atoms with E-state index in [2.05, 4.69) is 10.2 Å². The molecule has 1 unspecified atom stereocenters. The molecule has 3 rings (SSSR count). The van der Waals surface area contributed by atoms with Crippen molar-refractivity contribution in [2.75, 3.05) is 52.5 Å². The lowest BCUT2D eigenvalue weighted by atomic mass is 9.79. The smallest absolute Gasteiger partial charge is 0.410 e. The Hall–Kier alpha value is -1.87. The van der Waals surface area contributed by atoms with Crippen LogP contribution in [0.25, 0.3) is 0 Å². The topological polar surface area (TPSA) is 97.4 Å². The number of morpholine rings is 1. The minimum Gasteiger partial charge on any atom is -0.455 e. The molecule has 33 heavy (non-hydrogen) atoms. The summed E-state index contributed by atoms with van der Waals surface area (Å²) < 4.78 is 16.2. The van der Waals surface area contributed by atoms with Crippen molar-refractivity contribution in [1.29, 1.82) is 0 Å². The van der Waals surface area contributed by atoms with E-state index < -0.39 is 23.6 Å². The Balaban J connectivity index is 1.44. The fraction of sp³-hybridized carbons (Fsp3) is 0.875. The van der Waals surface area contributed by atoms with Crippen LogP contribution in [0, 0.1) is 5.92 Å². The number of esters is 1. The number of carbonyl (C=O) groups is 3. The molecule has 2 aliphatic heterocycles. The van der Waals surface area contributed by atoms with E-state index in [0.29, 0.717) is 25.9 Å². The number of hydrogen-bond acceptors (Lipinski definition) is 7. The predicted octanol–water partition coefficient (Wildman–Crippen LogP) is 2.33. The third-order valence-corrected chi connectivity index (χ3v) is 6.83. The van der Waals surface area contributed by atoms with Gasteiger partial charge in [-0.2, -0.15) is 0 Å². The number of nitrogens with one attached hydrogen (secondary N) is 1.